The van der Waals surface area contributed by atoms with Crippen LogP contribution in [0.5, 0.6) is 17.2 Å². The van der Waals surface area contributed by atoms with Crippen LogP contribution in [0.4, 0.5) is 0 Å². The molecular formula is C19H19NO5S. The van der Waals surface area contributed by atoms with E-state index >= 15 is 0 Å². The fourth-order valence-corrected chi connectivity index (χ4v) is 5.08. The number of fused-ring (bicyclic) bond motifs is 4. The number of hydrogen-bond donors (Lipinski definition) is 1. The molecule has 3 aliphatic rings. The summed E-state index contributed by atoms with van der Waals surface area (Å²) < 4.78 is 17.1. The Balaban J connectivity index is 1.47. The van der Waals surface area contributed by atoms with E-state index in [-0.39, 0.29) is 18.4 Å². The SMILES string of the molecule is O=C(c1scc2c1OCCO2)N1C[C@H]2c3ccccc3OC[C@@]2(CO)C1. The Morgan fingerprint density at radius 2 is 2.08 bits per heavy atom. The molecule has 1 amide bonds. The molecule has 0 bridgehead atoms. The van der Waals surface area contributed by atoms with Crippen LogP contribution >= 0.6 is 11.3 Å². The second-order valence-corrected chi connectivity index (χ2v) is 7.92. The third-order valence-electron chi connectivity index (χ3n) is 5.55. The lowest BCUT2D eigenvalue weighted by Gasteiger charge is -2.37. The first-order chi connectivity index (χ1) is 12.7. The van der Waals surface area contributed by atoms with Gasteiger partial charge in [0.2, 0.25) is 0 Å². The Hall–Kier alpha value is -2.25. The maximum Gasteiger partial charge on any atom is 0.267 e. The predicted octanol–water partition coefficient (Wildman–Crippen LogP) is 2.13. The minimum Gasteiger partial charge on any atom is -0.493 e. The van der Waals surface area contributed by atoms with Gasteiger partial charge < -0.3 is 24.2 Å². The average molecular weight is 373 g/mol. The number of thiophene rings is 1. The molecule has 0 saturated carbocycles. The largest absolute Gasteiger partial charge is 0.493 e. The van der Waals surface area contributed by atoms with Crippen LogP contribution in [0, 0.1) is 5.41 Å². The van der Waals surface area contributed by atoms with Crippen LogP contribution in [0.25, 0.3) is 0 Å². The standard InChI is InChI=1S/C19H19NO5S/c21-10-19-9-20(7-13(19)12-3-1-2-4-14(12)25-11-19)18(22)17-16-15(8-26-17)23-5-6-24-16/h1-4,8,13,21H,5-7,9-11H2/t13-,19-/m0/s1. The zero-order valence-corrected chi connectivity index (χ0v) is 15.0. The summed E-state index contributed by atoms with van der Waals surface area (Å²) in [4.78, 5) is 15.6. The van der Waals surface area contributed by atoms with E-state index in [9.17, 15) is 9.90 Å². The number of aliphatic hydroxyl groups excluding tert-OH is 1. The quantitative estimate of drug-likeness (QED) is 0.874. The van der Waals surface area contributed by atoms with Gasteiger partial charge in [-0.3, -0.25) is 4.79 Å². The number of carbonyl (C=O) groups excluding carboxylic acids is 1. The van der Waals surface area contributed by atoms with Crippen molar-refractivity contribution < 1.29 is 24.1 Å². The fourth-order valence-electron chi connectivity index (χ4n) is 4.18. The first-order valence-corrected chi connectivity index (χ1v) is 9.59. The van der Waals surface area contributed by atoms with E-state index in [1.165, 1.54) is 11.3 Å². The summed E-state index contributed by atoms with van der Waals surface area (Å²) in [5, 5.41) is 12.0. The molecule has 0 aliphatic carbocycles. The first kappa shape index (κ1) is 16.0. The summed E-state index contributed by atoms with van der Waals surface area (Å²) in [6, 6.07) is 7.89. The Morgan fingerprint density at radius 3 is 2.96 bits per heavy atom. The molecule has 5 rings (SSSR count). The minimum atomic E-state index is -0.460. The van der Waals surface area contributed by atoms with Crippen molar-refractivity contribution in [2.45, 2.75) is 5.92 Å². The van der Waals surface area contributed by atoms with Crippen molar-refractivity contribution in [3.05, 3.63) is 40.1 Å². The van der Waals surface area contributed by atoms with E-state index in [1.54, 1.807) is 0 Å². The molecule has 1 saturated heterocycles. The van der Waals surface area contributed by atoms with Crippen molar-refractivity contribution >= 4 is 17.2 Å². The van der Waals surface area contributed by atoms with Crippen LogP contribution in [0.3, 0.4) is 0 Å². The number of para-hydroxylation sites is 1. The molecule has 0 radical (unpaired) electrons. The molecule has 6 nitrogen and oxygen atoms in total. The third-order valence-corrected chi connectivity index (χ3v) is 6.48. The number of rotatable bonds is 2. The van der Waals surface area contributed by atoms with E-state index in [0.717, 1.165) is 11.3 Å². The summed E-state index contributed by atoms with van der Waals surface area (Å²) in [5.41, 5.74) is 0.606. The fraction of sp³-hybridized carbons (Fsp3) is 0.421. The van der Waals surface area contributed by atoms with Gasteiger partial charge in [-0.05, 0) is 11.6 Å². The van der Waals surface area contributed by atoms with Gasteiger partial charge in [0.15, 0.2) is 11.5 Å². The Bertz CT molecular complexity index is 865. The number of benzene rings is 1. The number of ether oxygens (including phenoxy) is 3. The summed E-state index contributed by atoms with van der Waals surface area (Å²) in [5.74, 6) is 2.04. The number of nitrogens with zero attached hydrogens (tertiary/aromatic N) is 1. The number of hydrogen-bond acceptors (Lipinski definition) is 6. The van der Waals surface area contributed by atoms with Crippen LogP contribution in [-0.4, -0.2) is 55.4 Å². The first-order valence-electron chi connectivity index (χ1n) is 8.71. The van der Waals surface area contributed by atoms with Crippen molar-refractivity contribution in [3.8, 4) is 17.2 Å². The molecule has 0 unspecified atom stereocenters. The summed E-state index contributed by atoms with van der Waals surface area (Å²) in [7, 11) is 0. The molecule has 4 heterocycles. The minimum absolute atomic E-state index is 0.0159. The van der Waals surface area contributed by atoms with Gasteiger partial charge in [-0.1, -0.05) is 18.2 Å². The van der Waals surface area contributed by atoms with Gasteiger partial charge in [0.1, 0.15) is 23.8 Å². The van der Waals surface area contributed by atoms with Crippen LogP contribution in [0.2, 0.25) is 0 Å². The van der Waals surface area contributed by atoms with Crippen molar-refractivity contribution in [2.24, 2.45) is 5.41 Å². The van der Waals surface area contributed by atoms with Crippen LogP contribution in [0.15, 0.2) is 29.6 Å². The second-order valence-electron chi connectivity index (χ2n) is 7.04. The number of aliphatic hydroxyl groups is 1. The van der Waals surface area contributed by atoms with Crippen molar-refractivity contribution in [2.75, 3.05) is 39.5 Å². The van der Waals surface area contributed by atoms with Gasteiger partial charge in [0.05, 0.1) is 18.6 Å². The summed E-state index contributed by atoms with van der Waals surface area (Å²) >= 11 is 1.35. The lowest BCUT2D eigenvalue weighted by Crippen LogP contribution is -2.42. The Kier molecular flexibility index (Phi) is 3.62. The van der Waals surface area contributed by atoms with Gasteiger partial charge in [-0.25, -0.2) is 0 Å². The molecule has 3 aliphatic heterocycles. The molecule has 1 aromatic heterocycles. The highest BCUT2D eigenvalue weighted by Gasteiger charge is 2.52. The maximum absolute atomic E-state index is 13.2. The summed E-state index contributed by atoms with van der Waals surface area (Å²) in [6.07, 6.45) is 0. The highest BCUT2D eigenvalue weighted by molar-refractivity contribution is 7.12. The van der Waals surface area contributed by atoms with Crippen molar-refractivity contribution in [1.29, 1.82) is 0 Å². The molecule has 2 atom stereocenters. The van der Waals surface area contributed by atoms with Gasteiger partial charge in [-0.15, -0.1) is 11.3 Å². The van der Waals surface area contributed by atoms with Crippen molar-refractivity contribution in [1.82, 2.24) is 4.90 Å². The predicted molar refractivity (Wildman–Crippen MR) is 95.4 cm³/mol. The normalized spacial score (nSPS) is 26.0. The monoisotopic (exact) mass is 373 g/mol. The number of likely N-dealkylation sites (tertiary alicyclic amines) is 1. The molecule has 0 spiro atoms. The zero-order valence-electron chi connectivity index (χ0n) is 14.1. The van der Waals surface area contributed by atoms with Crippen LogP contribution < -0.4 is 14.2 Å². The third kappa shape index (κ3) is 2.23. The van der Waals surface area contributed by atoms with E-state index in [2.05, 4.69) is 0 Å². The maximum atomic E-state index is 13.2. The van der Waals surface area contributed by atoms with Gasteiger partial charge >= 0.3 is 0 Å². The van der Waals surface area contributed by atoms with Crippen LogP contribution in [0.1, 0.15) is 21.2 Å². The molecule has 1 fully saturated rings. The lowest BCUT2D eigenvalue weighted by molar-refractivity contribution is 0.0440. The highest BCUT2D eigenvalue weighted by atomic mass is 32.1. The zero-order chi connectivity index (χ0) is 17.7. The molecule has 26 heavy (non-hydrogen) atoms. The second kappa shape index (κ2) is 5.89. The van der Waals surface area contributed by atoms with E-state index in [1.807, 2.05) is 34.5 Å². The Morgan fingerprint density at radius 1 is 1.23 bits per heavy atom. The molecule has 2 aromatic rings. The molecule has 7 heteroatoms. The smallest absolute Gasteiger partial charge is 0.267 e. The molecule has 136 valence electrons. The van der Waals surface area contributed by atoms with E-state index in [4.69, 9.17) is 14.2 Å². The topological polar surface area (TPSA) is 68.2 Å². The molecular weight excluding hydrogens is 354 g/mol. The highest BCUT2D eigenvalue weighted by Crippen LogP contribution is 2.50. The average Bonchev–Trinajstić information content (AvgIpc) is 3.30. The molecule has 1 aromatic carbocycles. The van der Waals surface area contributed by atoms with Gasteiger partial charge in [0.25, 0.3) is 5.91 Å². The van der Waals surface area contributed by atoms with Gasteiger partial charge in [0, 0.05) is 24.4 Å². The van der Waals surface area contributed by atoms with Gasteiger partial charge in [-0.2, -0.15) is 0 Å². The van der Waals surface area contributed by atoms with E-state index in [0.29, 0.717) is 49.3 Å². The molecule has 1 N–H and O–H groups in total. The lowest BCUT2D eigenvalue weighted by atomic mass is 9.74. The van der Waals surface area contributed by atoms with Crippen molar-refractivity contribution in [3.63, 3.8) is 0 Å². The van der Waals surface area contributed by atoms with E-state index < -0.39 is 5.41 Å². The summed E-state index contributed by atoms with van der Waals surface area (Å²) in [6.45, 7) is 2.39. The number of carbonyl (C=O) groups is 1. The van der Waals surface area contributed by atoms with Crippen LogP contribution in [-0.2, 0) is 0 Å². The Labute approximate surface area is 154 Å². The number of amides is 1.